The van der Waals surface area contributed by atoms with Gasteiger partial charge in [-0.15, -0.1) is 37.2 Å². The van der Waals surface area contributed by atoms with Gasteiger partial charge in [-0.05, 0) is 49.4 Å². The molecule has 0 bridgehead atoms. The number of aryl methyl sites for hydroxylation is 2. The first kappa shape index (κ1) is 30.8. The number of hydrogen-bond donors (Lipinski definition) is 1. The number of halogens is 3. The van der Waals surface area contributed by atoms with Crippen molar-refractivity contribution in [2.45, 2.75) is 47.3 Å². The van der Waals surface area contributed by atoms with Crippen LogP contribution in [0.4, 0.5) is 0 Å². The molecule has 0 aliphatic heterocycles. The third-order valence-corrected chi connectivity index (χ3v) is 4.99. The van der Waals surface area contributed by atoms with Crippen LogP contribution in [0.2, 0.25) is 0 Å². The maximum absolute atomic E-state index is 13.2. The maximum Gasteiger partial charge on any atom is 0.341 e. The summed E-state index contributed by atoms with van der Waals surface area (Å²) in [6.07, 6.45) is 2.48. The number of pyridine rings is 2. The zero-order valence-corrected chi connectivity index (χ0v) is 21.8. The van der Waals surface area contributed by atoms with Gasteiger partial charge in [-0.25, -0.2) is 4.79 Å². The number of aromatic nitrogens is 2. The molecule has 8 heteroatoms. The predicted octanol–water partition coefficient (Wildman–Crippen LogP) is 6.04. The minimum absolute atomic E-state index is 0. The zero-order chi connectivity index (χ0) is 21.7. The molecule has 0 saturated heterocycles. The monoisotopic (exact) mass is 511 g/mol. The van der Waals surface area contributed by atoms with Gasteiger partial charge in [-0.3, -0.25) is 9.97 Å². The van der Waals surface area contributed by atoms with E-state index in [9.17, 15) is 4.79 Å². The molecule has 0 amide bonds. The second-order valence-electron chi connectivity index (χ2n) is 7.94. The molecule has 2 N–H and O–H groups in total. The average molecular weight is 513 g/mol. The summed E-state index contributed by atoms with van der Waals surface area (Å²) in [6, 6.07) is 13.7. The molecule has 2 aromatic heterocycles. The highest BCUT2D eigenvalue weighted by Gasteiger charge is 2.24. The van der Waals surface area contributed by atoms with E-state index in [0.29, 0.717) is 29.4 Å². The van der Waals surface area contributed by atoms with E-state index in [4.69, 9.17) is 15.5 Å². The van der Waals surface area contributed by atoms with Gasteiger partial charge in [0.1, 0.15) is 6.61 Å². The van der Waals surface area contributed by atoms with Crippen molar-refractivity contribution >= 4 is 43.2 Å². The molecule has 0 fully saturated rings. The van der Waals surface area contributed by atoms with E-state index in [1.54, 1.807) is 6.20 Å². The van der Waals surface area contributed by atoms with Gasteiger partial charge in [-0.2, -0.15) is 0 Å². The van der Waals surface area contributed by atoms with Crippen LogP contribution in [0, 0.1) is 19.8 Å². The van der Waals surface area contributed by atoms with Gasteiger partial charge in [0.2, 0.25) is 0 Å². The number of nitrogens with two attached hydrogens (primary N) is 1. The third kappa shape index (κ3) is 7.68. The van der Waals surface area contributed by atoms with Crippen molar-refractivity contribution in [1.82, 2.24) is 9.97 Å². The van der Waals surface area contributed by atoms with Crippen LogP contribution in [0.1, 0.15) is 52.4 Å². The number of esters is 1. The lowest BCUT2D eigenvalue weighted by molar-refractivity contribution is 0.0467. The van der Waals surface area contributed by atoms with E-state index >= 15 is 0 Å². The summed E-state index contributed by atoms with van der Waals surface area (Å²) in [4.78, 5) is 22.2. The summed E-state index contributed by atoms with van der Waals surface area (Å²) in [5.41, 5.74) is 12.8. The maximum atomic E-state index is 13.2. The molecular weight excluding hydrogens is 481 g/mol. The lowest BCUT2D eigenvalue weighted by Gasteiger charge is -2.20. The normalized spacial score (nSPS) is 10.0. The Morgan fingerprint density at radius 1 is 1.03 bits per heavy atom. The minimum Gasteiger partial charge on any atom is -0.456 e. The molecule has 0 unspecified atom stereocenters. The largest absolute Gasteiger partial charge is 0.456 e. The summed E-state index contributed by atoms with van der Waals surface area (Å²) in [5.74, 6) is 0.0158. The van der Waals surface area contributed by atoms with E-state index in [2.05, 4.69) is 18.8 Å². The fourth-order valence-corrected chi connectivity index (χ4v) is 3.56. The van der Waals surface area contributed by atoms with Gasteiger partial charge in [-0.1, -0.05) is 49.7 Å². The van der Waals surface area contributed by atoms with E-state index in [0.717, 1.165) is 34.4 Å². The molecule has 0 saturated carbocycles. The Labute approximate surface area is 214 Å². The number of rotatable bonds is 7. The predicted molar refractivity (Wildman–Crippen MR) is 141 cm³/mol. The summed E-state index contributed by atoms with van der Waals surface area (Å²) in [5, 5.41) is 0. The molecule has 0 radical (unpaired) electrons. The van der Waals surface area contributed by atoms with Crippen molar-refractivity contribution in [3.05, 3.63) is 82.4 Å². The fourth-order valence-electron chi connectivity index (χ4n) is 3.56. The number of hydrogen-bond acceptors (Lipinski definition) is 5. The standard InChI is InChI=1S/C25H29N3O2.3ClH/c1-16(2)13-22-21(14-26)24(19-10-8-17(3)9-11-19)23(18(4)28-22)25(29)30-15-20-7-5-6-12-27-20;;;/h5-12,16H,13-15,26H2,1-4H3;3*1H. The van der Waals surface area contributed by atoms with Crippen molar-refractivity contribution in [2.75, 3.05) is 0 Å². The number of carbonyl (C=O) groups excluding carboxylic acids is 1. The molecule has 3 rings (SSSR count). The topological polar surface area (TPSA) is 78.1 Å². The van der Waals surface area contributed by atoms with Gasteiger partial charge in [0.25, 0.3) is 0 Å². The van der Waals surface area contributed by atoms with Gasteiger partial charge in [0.15, 0.2) is 0 Å². The molecular formula is C25H32Cl3N3O2. The fraction of sp³-hybridized carbons (Fsp3) is 0.320. The molecule has 0 aliphatic rings. The average Bonchev–Trinajstić information content (AvgIpc) is 2.72. The van der Waals surface area contributed by atoms with Crippen molar-refractivity contribution in [2.24, 2.45) is 11.7 Å². The van der Waals surface area contributed by atoms with Gasteiger partial charge in [0, 0.05) is 24.0 Å². The van der Waals surface area contributed by atoms with Crippen molar-refractivity contribution < 1.29 is 9.53 Å². The molecule has 1 aromatic carbocycles. The van der Waals surface area contributed by atoms with Crippen LogP contribution in [0.15, 0.2) is 48.7 Å². The van der Waals surface area contributed by atoms with Crippen LogP contribution >= 0.6 is 37.2 Å². The summed E-state index contributed by atoms with van der Waals surface area (Å²) in [7, 11) is 0. The van der Waals surface area contributed by atoms with E-state index in [1.807, 2.05) is 56.3 Å². The van der Waals surface area contributed by atoms with Gasteiger partial charge in [0.05, 0.1) is 17.0 Å². The highest BCUT2D eigenvalue weighted by Crippen LogP contribution is 2.33. The number of ether oxygens (including phenoxy) is 1. The molecule has 5 nitrogen and oxygen atoms in total. The third-order valence-electron chi connectivity index (χ3n) is 4.99. The first-order valence-corrected chi connectivity index (χ1v) is 10.3. The smallest absolute Gasteiger partial charge is 0.341 e. The van der Waals surface area contributed by atoms with Crippen LogP contribution in [-0.4, -0.2) is 15.9 Å². The summed E-state index contributed by atoms with van der Waals surface area (Å²) in [6.45, 7) is 8.61. The Morgan fingerprint density at radius 2 is 1.70 bits per heavy atom. The molecule has 0 aliphatic carbocycles. The first-order chi connectivity index (χ1) is 14.4. The van der Waals surface area contributed by atoms with Crippen LogP contribution in [-0.2, 0) is 24.3 Å². The van der Waals surface area contributed by atoms with Crippen molar-refractivity contribution in [3.63, 3.8) is 0 Å². The second kappa shape index (κ2) is 14.2. The zero-order valence-electron chi connectivity index (χ0n) is 19.3. The Bertz CT molecular complexity index is 1030. The number of carbonyl (C=O) groups is 1. The summed E-state index contributed by atoms with van der Waals surface area (Å²) < 4.78 is 5.62. The molecule has 33 heavy (non-hydrogen) atoms. The Balaban J connectivity index is 0.00000341. The molecule has 2 heterocycles. The summed E-state index contributed by atoms with van der Waals surface area (Å²) >= 11 is 0. The molecule has 0 spiro atoms. The van der Waals surface area contributed by atoms with Crippen LogP contribution in [0.25, 0.3) is 11.1 Å². The lowest BCUT2D eigenvalue weighted by atomic mass is 9.90. The Hall–Kier alpha value is -2.18. The lowest BCUT2D eigenvalue weighted by Crippen LogP contribution is -2.17. The van der Waals surface area contributed by atoms with Gasteiger partial charge >= 0.3 is 5.97 Å². The second-order valence-corrected chi connectivity index (χ2v) is 7.94. The number of nitrogens with zero attached hydrogens (tertiary/aromatic N) is 2. The van der Waals surface area contributed by atoms with Crippen LogP contribution in [0.5, 0.6) is 0 Å². The number of benzene rings is 1. The van der Waals surface area contributed by atoms with E-state index in [-0.39, 0.29) is 43.8 Å². The molecule has 180 valence electrons. The first-order valence-electron chi connectivity index (χ1n) is 10.3. The minimum atomic E-state index is -0.410. The van der Waals surface area contributed by atoms with E-state index in [1.165, 1.54) is 0 Å². The van der Waals surface area contributed by atoms with Gasteiger partial charge < -0.3 is 10.5 Å². The van der Waals surface area contributed by atoms with E-state index < -0.39 is 5.97 Å². The van der Waals surface area contributed by atoms with Crippen LogP contribution < -0.4 is 5.73 Å². The van der Waals surface area contributed by atoms with Crippen molar-refractivity contribution in [3.8, 4) is 11.1 Å². The SMILES string of the molecule is Cc1ccc(-c2c(CN)c(CC(C)C)nc(C)c2C(=O)OCc2ccccn2)cc1.Cl.Cl.Cl. The van der Waals surface area contributed by atoms with Crippen LogP contribution in [0.3, 0.4) is 0 Å². The molecule has 3 aromatic rings. The Kier molecular flexibility index (Phi) is 13.2. The molecule has 0 atom stereocenters. The Morgan fingerprint density at radius 3 is 2.24 bits per heavy atom. The quantitative estimate of drug-likeness (QED) is 0.390. The highest BCUT2D eigenvalue weighted by atomic mass is 35.5. The van der Waals surface area contributed by atoms with Crippen molar-refractivity contribution in [1.29, 1.82) is 0 Å². The highest BCUT2D eigenvalue weighted by molar-refractivity contribution is 5.99.